The predicted molar refractivity (Wildman–Crippen MR) is 235 cm³/mol. The standard InChI is InChI=1S/C41H46O4.C13H10/c42-23-25-44-39-21-19-31(27-35(39)29-11-3-1-4-12-29)41(37-17-9-7-15-33(37)34-16-8-10-18-38(34)41)32-20-22-40(45-26-24-43)36(28-32)30-13-5-2-6-14-30;1-3-7-12-10(5-1)9-11-6-2-4-8-13(11)12/h7-10,15-22,27-30,42-43H,1-6,11-14,23-26H2;1-8H,9H2. The van der Waals surface area contributed by atoms with Crippen LogP contribution in [0.2, 0.25) is 0 Å². The van der Waals surface area contributed by atoms with Crippen molar-refractivity contribution in [3.63, 3.8) is 0 Å². The monoisotopic (exact) mass is 768 g/mol. The minimum atomic E-state index is -0.509. The topological polar surface area (TPSA) is 58.9 Å². The lowest BCUT2D eigenvalue weighted by atomic mass is 9.66. The zero-order valence-corrected chi connectivity index (χ0v) is 33.7. The zero-order valence-electron chi connectivity index (χ0n) is 33.7. The normalized spacial score (nSPS) is 16.7. The van der Waals surface area contributed by atoms with Crippen molar-refractivity contribution in [3.05, 3.63) is 178 Å². The fourth-order valence-electron chi connectivity index (χ4n) is 10.7. The van der Waals surface area contributed by atoms with Crippen molar-refractivity contribution in [2.75, 3.05) is 26.4 Å². The number of benzene rings is 6. The molecule has 296 valence electrons. The number of aliphatic hydroxyl groups is 2. The lowest BCUT2D eigenvalue weighted by molar-refractivity contribution is 0.199. The Morgan fingerprint density at radius 3 is 1.28 bits per heavy atom. The molecule has 2 N–H and O–H groups in total. The number of hydrogen-bond donors (Lipinski definition) is 2. The van der Waals surface area contributed by atoms with Crippen molar-refractivity contribution < 1.29 is 19.7 Å². The molecule has 4 aliphatic carbocycles. The summed E-state index contributed by atoms with van der Waals surface area (Å²) < 4.78 is 12.4. The molecular formula is C54H56O4. The van der Waals surface area contributed by atoms with Crippen LogP contribution in [0.4, 0.5) is 0 Å². The Hall–Kier alpha value is -5.16. The van der Waals surface area contributed by atoms with Crippen molar-refractivity contribution in [2.45, 2.75) is 87.9 Å². The van der Waals surface area contributed by atoms with Crippen LogP contribution in [0.15, 0.2) is 133 Å². The highest BCUT2D eigenvalue weighted by molar-refractivity contribution is 5.86. The Labute approximate surface area is 344 Å². The average molecular weight is 769 g/mol. The quantitative estimate of drug-likeness (QED) is 0.145. The zero-order chi connectivity index (χ0) is 39.3. The maximum absolute atomic E-state index is 9.62. The number of fused-ring (bicyclic) bond motifs is 6. The number of rotatable bonds is 10. The Morgan fingerprint density at radius 1 is 0.448 bits per heavy atom. The highest BCUT2D eigenvalue weighted by atomic mass is 16.5. The van der Waals surface area contributed by atoms with E-state index < -0.39 is 5.41 Å². The predicted octanol–water partition coefficient (Wildman–Crippen LogP) is 12.1. The van der Waals surface area contributed by atoms with Gasteiger partial charge in [0.1, 0.15) is 24.7 Å². The first-order valence-corrected chi connectivity index (χ1v) is 21.8. The molecule has 2 saturated carbocycles. The Bertz CT molecular complexity index is 2180. The summed E-state index contributed by atoms with van der Waals surface area (Å²) in [6.07, 6.45) is 13.3. The van der Waals surface area contributed by atoms with E-state index in [4.69, 9.17) is 9.47 Å². The van der Waals surface area contributed by atoms with E-state index in [-0.39, 0.29) is 13.2 Å². The molecule has 2 fully saturated rings. The van der Waals surface area contributed by atoms with Crippen molar-refractivity contribution in [1.29, 1.82) is 0 Å². The molecule has 10 rings (SSSR count). The van der Waals surface area contributed by atoms with Gasteiger partial charge in [0, 0.05) is 0 Å². The first-order valence-electron chi connectivity index (χ1n) is 21.8. The van der Waals surface area contributed by atoms with E-state index in [1.54, 1.807) is 0 Å². The van der Waals surface area contributed by atoms with Crippen molar-refractivity contribution in [2.24, 2.45) is 0 Å². The van der Waals surface area contributed by atoms with Gasteiger partial charge in [-0.2, -0.15) is 0 Å². The van der Waals surface area contributed by atoms with Crippen LogP contribution in [0.3, 0.4) is 0 Å². The second kappa shape index (κ2) is 17.4. The summed E-state index contributed by atoms with van der Waals surface area (Å²) >= 11 is 0. The third-order valence-electron chi connectivity index (χ3n) is 13.3. The third-order valence-corrected chi connectivity index (χ3v) is 13.3. The largest absolute Gasteiger partial charge is 0.491 e. The van der Waals surface area contributed by atoms with Gasteiger partial charge in [0.25, 0.3) is 0 Å². The molecule has 4 heteroatoms. The van der Waals surface area contributed by atoms with Gasteiger partial charge in [-0.25, -0.2) is 0 Å². The van der Waals surface area contributed by atoms with Gasteiger partial charge in [-0.15, -0.1) is 0 Å². The van der Waals surface area contributed by atoms with Crippen LogP contribution in [-0.2, 0) is 11.8 Å². The van der Waals surface area contributed by atoms with E-state index in [9.17, 15) is 10.2 Å². The molecule has 0 unspecified atom stereocenters. The van der Waals surface area contributed by atoms with E-state index in [0.717, 1.165) is 17.9 Å². The van der Waals surface area contributed by atoms with Crippen LogP contribution in [0.25, 0.3) is 22.3 Å². The van der Waals surface area contributed by atoms with Gasteiger partial charge < -0.3 is 19.7 Å². The Morgan fingerprint density at radius 2 is 0.845 bits per heavy atom. The lowest BCUT2D eigenvalue weighted by Crippen LogP contribution is -2.29. The first kappa shape index (κ1) is 38.4. The lowest BCUT2D eigenvalue weighted by Gasteiger charge is -2.36. The molecule has 0 saturated heterocycles. The van der Waals surface area contributed by atoms with Crippen molar-refractivity contribution >= 4 is 0 Å². The first-order chi connectivity index (χ1) is 28.7. The molecular weight excluding hydrogens is 713 g/mol. The van der Waals surface area contributed by atoms with Crippen LogP contribution in [0.5, 0.6) is 11.5 Å². The Balaban J connectivity index is 0.000000281. The fraction of sp³-hybridized carbons (Fsp3) is 0.333. The summed E-state index contributed by atoms with van der Waals surface area (Å²) in [5.74, 6) is 2.71. The minimum Gasteiger partial charge on any atom is -0.491 e. The van der Waals surface area contributed by atoms with E-state index in [1.807, 2.05) is 0 Å². The SMILES string of the molecule is OCCOc1ccc(C2(c3ccc(OCCO)c(C4CCCCC4)c3)c3ccccc3-c3ccccc32)cc1C1CCCCC1.c1ccc2c(c1)Cc1ccccc1-2. The van der Waals surface area contributed by atoms with E-state index in [0.29, 0.717) is 25.0 Å². The average Bonchev–Trinajstić information content (AvgIpc) is 3.82. The van der Waals surface area contributed by atoms with E-state index in [1.165, 1.54) is 131 Å². The Kier molecular flexibility index (Phi) is 11.5. The molecule has 58 heavy (non-hydrogen) atoms. The van der Waals surface area contributed by atoms with E-state index in [2.05, 4.69) is 133 Å². The third kappa shape index (κ3) is 7.16. The van der Waals surface area contributed by atoms with Crippen molar-refractivity contribution in [1.82, 2.24) is 0 Å². The van der Waals surface area contributed by atoms with Gasteiger partial charge in [0.15, 0.2) is 0 Å². The number of hydrogen-bond acceptors (Lipinski definition) is 4. The summed E-state index contributed by atoms with van der Waals surface area (Å²) in [7, 11) is 0. The highest BCUT2D eigenvalue weighted by Gasteiger charge is 2.47. The minimum absolute atomic E-state index is 0.00515. The van der Waals surface area contributed by atoms with Gasteiger partial charge >= 0.3 is 0 Å². The maximum atomic E-state index is 9.62. The molecule has 0 spiro atoms. The summed E-state index contributed by atoms with van der Waals surface area (Å²) in [4.78, 5) is 0. The summed E-state index contributed by atoms with van der Waals surface area (Å²) in [6.45, 7) is 0.613. The second-order valence-corrected chi connectivity index (χ2v) is 16.7. The number of ether oxygens (including phenoxy) is 2. The smallest absolute Gasteiger partial charge is 0.122 e. The van der Waals surface area contributed by atoms with Gasteiger partial charge in [-0.05, 0) is 123 Å². The van der Waals surface area contributed by atoms with E-state index >= 15 is 0 Å². The second-order valence-electron chi connectivity index (χ2n) is 16.7. The highest BCUT2D eigenvalue weighted by Crippen LogP contribution is 2.57. The van der Waals surface area contributed by atoms with Crippen LogP contribution in [0.1, 0.15) is 121 Å². The molecule has 0 bridgehead atoms. The van der Waals surface area contributed by atoms with Crippen LogP contribution in [0, 0.1) is 0 Å². The molecule has 0 amide bonds. The summed E-state index contributed by atoms with van der Waals surface area (Å²) in [5, 5.41) is 19.2. The van der Waals surface area contributed by atoms with Gasteiger partial charge in [0.2, 0.25) is 0 Å². The molecule has 4 aliphatic rings. The van der Waals surface area contributed by atoms with Crippen LogP contribution in [-0.4, -0.2) is 36.6 Å². The summed E-state index contributed by atoms with van der Waals surface area (Å²) in [6, 6.07) is 48.9. The van der Waals surface area contributed by atoms with Gasteiger partial charge in [-0.3, -0.25) is 0 Å². The molecule has 0 heterocycles. The molecule has 6 aromatic rings. The van der Waals surface area contributed by atoms with Crippen molar-refractivity contribution in [3.8, 4) is 33.8 Å². The molecule has 0 atom stereocenters. The maximum Gasteiger partial charge on any atom is 0.122 e. The molecule has 0 aliphatic heterocycles. The molecule has 6 aromatic carbocycles. The van der Waals surface area contributed by atoms with Gasteiger partial charge in [0.05, 0.1) is 18.6 Å². The van der Waals surface area contributed by atoms with Crippen LogP contribution < -0.4 is 9.47 Å². The molecule has 0 aromatic heterocycles. The molecule has 0 radical (unpaired) electrons. The van der Waals surface area contributed by atoms with Crippen LogP contribution >= 0.6 is 0 Å². The molecule has 4 nitrogen and oxygen atoms in total. The van der Waals surface area contributed by atoms with Gasteiger partial charge in [-0.1, -0.05) is 160 Å². The summed E-state index contributed by atoms with van der Waals surface area (Å²) in [5.41, 5.74) is 15.5. The fourth-order valence-corrected chi connectivity index (χ4v) is 10.7. The number of aliphatic hydroxyl groups excluding tert-OH is 2.